The average molecular weight is 517 g/mol. The van der Waals surface area contributed by atoms with Crippen molar-refractivity contribution in [1.82, 2.24) is 19.5 Å². The highest BCUT2D eigenvalue weighted by Gasteiger charge is 2.27. The molecule has 1 aromatic carbocycles. The first-order valence-corrected chi connectivity index (χ1v) is 13.0. The van der Waals surface area contributed by atoms with Crippen LogP contribution in [0, 0.1) is 5.82 Å². The fourth-order valence-electron chi connectivity index (χ4n) is 4.00. The predicted octanol–water partition coefficient (Wildman–Crippen LogP) is 2.98. The lowest BCUT2D eigenvalue weighted by molar-refractivity contribution is 0.296. The molecule has 190 valence electrons. The summed E-state index contributed by atoms with van der Waals surface area (Å²) in [6.07, 6.45) is 2.47. The highest BCUT2D eigenvalue weighted by Crippen LogP contribution is 2.34. The van der Waals surface area contributed by atoms with Gasteiger partial charge in [-0.3, -0.25) is 4.57 Å². The van der Waals surface area contributed by atoms with Crippen molar-refractivity contribution < 1.29 is 27.0 Å². The molecular formula is C24H25FN4O6S. The first-order valence-electron chi connectivity index (χ1n) is 11.0. The molecule has 0 radical (unpaired) electrons. The van der Waals surface area contributed by atoms with Gasteiger partial charge in [-0.25, -0.2) is 27.6 Å². The van der Waals surface area contributed by atoms with Gasteiger partial charge in [-0.15, -0.1) is 0 Å². The molecule has 10 nitrogen and oxygen atoms in total. The lowest BCUT2D eigenvalue weighted by atomic mass is 10.1. The van der Waals surface area contributed by atoms with Gasteiger partial charge in [0.15, 0.2) is 11.4 Å². The normalized spacial score (nSPS) is 12.5. The summed E-state index contributed by atoms with van der Waals surface area (Å²) in [5.41, 5.74) is 0.720. The fraction of sp³-hybridized carbons (Fsp3) is 0.292. The molecule has 4 aromatic rings. The average Bonchev–Trinajstić information content (AvgIpc) is 3.16. The Balaban J connectivity index is 1.90. The van der Waals surface area contributed by atoms with Gasteiger partial charge in [0.05, 0.1) is 49.4 Å². The highest BCUT2D eigenvalue weighted by molar-refractivity contribution is 7.90. The fourth-order valence-corrected chi connectivity index (χ4v) is 4.89. The van der Waals surface area contributed by atoms with E-state index in [1.54, 1.807) is 31.2 Å². The van der Waals surface area contributed by atoms with Crippen molar-refractivity contribution in [3.63, 3.8) is 0 Å². The molecule has 3 heterocycles. The highest BCUT2D eigenvalue weighted by atomic mass is 32.2. The van der Waals surface area contributed by atoms with E-state index < -0.39 is 33.1 Å². The van der Waals surface area contributed by atoms with Crippen LogP contribution in [-0.2, 0) is 9.84 Å². The Morgan fingerprint density at radius 2 is 1.89 bits per heavy atom. The summed E-state index contributed by atoms with van der Waals surface area (Å²) in [4.78, 5) is 24.6. The Morgan fingerprint density at radius 3 is 2.56 bits per heavy atom. The minimum atomic E-state index is -3.57. The lowest BCUT2D eigenvalue weighted by Gasteiger charge is -2.19. The Bertz CT molecular complexity index is 1580. The van der Waals surface area contributed by atoms with Crippen LogP contribution in [-0.4, -0.2) is 60.8 Å². The van der Waals surface area contributed by atoms with Gasteiger partial charge >= 0.3 is 5.69 Å². The second-order valence-corrected chi connectivity index (χ2v) is 10.2. The summed E-state index contributed by atoms with van der Waals surface area (Å²) in [5.74, 6) is -0.0933. The number of H-pyrrole nitrogens is 1. The first kappa shape index (κ1) is 25.2. The zero-order valence-electron chi connectivity index (χ0n) is 20.1. The van der Waals surface area contributed by atoms with Crippen molar-refractivity contribution in [3.8, 4) is 28.5 Å². The van der Waals surface area contributed by atoms with Gasteiger partial charge < -0.3 is 19.2 Å². The largest absolute Gasteiger partial charge is 0.496 e. The number of sulfone groups is 1. The summed E-state index contributed by atoms with van der Waals surface area (Å²) in [7, 11) is -0.680. The molecule has 4 rings (SSSR count). The molecule has 0 bridgehead atoms. The third-order valence-electron chi connectivity index (χ3n) is 5.50. The topological polar surface area (TPSA) is 125 Å². The minimum absolute atomic E-state index is 0.172. The Hall–Kier alpha value is -3.93. The molecule has 0 aliphatic carbocycles. The standard InChI is InChI=1S/C24H25FN4O6S/c1-5-35-23-20(34-3)10-9-16(27-23)18(13-36(4,31)32)29-22-17(28-24(29)30)11-14(12-26-22)21-15(25)7-6-8-19(21)33-2/h6-12,18H,5,13H2,1-4H3,(H,28,30)/t18-/m1/s1. The molecular weight excluding hydrogens is 491 g/mol. The number of ether oxygens (including phenoxy) is 3. The van der Waals surface area contributed by atoms with E-state index in [0.717, 1.165) is 6.26 Å². The van der Waals surface area contributed by atoms with Crippen molar-refractivity contribution in [3.05, 3.63) is 64.6 Å². The number of hydrogen-bond donors (Lipinski definition) is 1. The van der Waals surface area contributed by atoms with E-state index in [1.165, 1.54) is 37.1 Å². The predicted molar refractivity (Wildman–Crippen MR) is 132 cm³/mol. The number of fused-ring (bicyclic) bond motifs is 1. The number of imidazole rings is 1. The van der Waals surface area contributed by atoms with Crippen LogP contribution in [0.25, 0.3) is 22.3 Å². The van der Waals surface area contributed by atoms with Gasteiger partial charge in [-0.2, -0.15) is 0 Å². The zero-order valence-corrected chi connectivity index (χ0v) is 20.9. The number of halogens is 1. The van der Waals surface area contributed by atoms with Crippen LogP contribution in [0.4, 0.5) is 4.39 Å². The molecule has 0 saturated carbocycles. The van der Waals surface area contributed by atoms with Crippen LogP contribution in [0.1, 0.15) is 18.7 Å². The number of nitrogens with zero attached hydrogens (tertiary/aromatic N) is 3. The number of pyridine rings is 2. The smallest absolute Gasteiger partial charge is 0.328 e. The summed E-state index contributed by atoms with van der Waals surface area (Å²) in [5, 5.41) is 0. The van der Waals surface area contributed by atoms with Crippen LogP contribution in [0.2, 0.25) is 0 Å². The van der Waals surface area contributed by atoms with E-state index in [1.807, 2.05) is 0 Å². The molecule has 0 aliphatic heterocycles. The molecule has 1 atom stereocenters. The monoisotopic (exact) mass is 516 g/mol. The second kappa shape index (κ2) is 9.97. The third kappa shape index (κ3) is 4.89. The van der Waals surface area contributed by atoms with Crippen LogP contribution in [0.5, 0.6) is 17.4 Å². The van der Waals surface area contributed by atoms with Gasteiger partial charge in [0.2, 0.25) is 0 Å². The van der Waals surface area contributed by atoms with Crippen molar-refractivity contribution in [2.75, 3.05) is 32.8 Å². The number of hydrogen-bond acceptors (Lipinski definition) is 8. The molecule has 0 saturated heterocycles. The Kier molecular flexibility index (Phi) is 6.97. The summed E-state index contributed by atoms with van der Waals surface area (Å²) in [6.45, 7) is 2.08. The van der Waals surface area contributed by atoms with Crippen molar-refractivity contribution in [2.24, 2.45) is 0 Å². The summed E-state index contributed by atoms with van der Waals surface area (Å²) >= 11 is 0. The molecule has 1 N–H and O–H groups in total. The molecule has 0 fully saturated rings. The Morgan fingerprint density at radius 1 is 1.14 bits per heavy atom. The molecule has 0 amide bonds. The molecule has 36 heavy (non-hydrogen) atoms. The SMILES string of the molecule is CCOc1nc([C@@H](CS(C)(=O)=O)n2c(=O)[nH]c3cc(-c4c(F)cccc4OC)cnc32)ccc1OC. The van der Waals surface area contributed by atoms with Crippen molar-refractivity contribution in [2.45, 2.75) is 13.0 Å². The van der Waals surface area contributed by atoms with Crippen LogP contribution in [0.3, 0.4) is 0 Å². The van der Waals surface area contributed by atoms with Gasteiger partial charge in [-0.1, -0.05) is 6.07 Å². The molecule has 0 aliphatic rings. The number of aromatic nitrogens is 4. The molecule has 3 aromatic heterocycles. The third-order valence-corrected chi connectivity index (χ3v) is 6.42. The maximum absolute atomic E-state index is 14.6. The molecule has 12 heteroatoms. The van der Waals surface area contributed by atoms with Crippen LogP contribution < -0.4 is 19.9 Å². The van der Waals surface area contributed by atoms with E-state index in [4.69, 9.17) is 14.2 Å². The summed E-state index contributed by atoms with van der Waals surface area (Å²) < 4.78 is 56.6. The van der Waals surface area contributed by atoms with Crippen molar-refractivity contribution in [1.29, 1.82) is 0 Å². The van der Waals surface area contributed by atoms with E-state index in [9.17, 15) is 17.6 Å². The maximum atomic E-state index is 14.6. The number of methoxy groups -OCH3 is 2. The van der Waals surface area contributed by atoms with Gasteiger partial charge in [-0.05, 0) is 37.3 Å². The van der Waals surface area contributed by atoms with Crippen LogP contribution >= 0.6 is 0 Å². The molecule has 0 spiro atoms. The number of benzene rings is 1. The van der Waals surface area contributed by atoms with E-state index in [0.29, 0.717) is 29.2 Å². The van der Waals surface area contributed by atoms with Gasteiger partial charge in [0.25, 0.3) is 5.88 Å². The molecule has 0 unspecified atom stereocenters. The maximum Gasteiger partial charge on any atom is 0.328 e. The summed E-state index contributed by atoms with van der Waals surface area (Å²) in [6, 6.07) is 8.14. The zero-order chi connectivity index (χ0) is 26.0. The van der Waals surface area contributed by atoms with Gasteiger partial charge in [0, 0.05) is 18.0 Å². The lowest BCUT2D eigenvalue weighted by Crippen LogP contribution is -2.29. The Labute approximate surface area is 206 Å². The van der Waals surface area contributed by atoms with Crippen LogP contribution in [0.15, 0.2) is 47.4 Å². The van der Waals surface area contributed by atoms with Gasteiger partial charge in [0.1, 0.15) is 21.4 Å². The number of rotatable bonds is 9. The second-order valence-electron chi connectivity index (χ2n) is 8.00. The number of aromatic amines is 1. The van der Waals surface area contributed by atoms with Crippen molar-refractivity contribution >= 4 is 21.0 Å². The number of nitrogens with one attached hydrogen (secondary N) is 1. The van der Waals surface area contributed by atoms with E-state index in [2.05, 4.69) is 15.0 Å². The minimum Gasteiger partial charge on any atom is -0.496 e. The quantitative estimate of drug-likeness (QED) is 0.360. The first-order chi connectivity index (χ1) is 17.2. The van der Waals surface area contributed by atoms with E-state index in [-0.39, 0.29) is 22.8 Å². The van der Waals surface area contributed by atoms with E-state index >= 15 is 0 Å².